The van der Waals surface area contributed by atoms with Crippen LogP contribution < -0.4 is 0 Å². The minimum atomic E-state index is 0.709. The highest BCUT2D eigenvalue weighted by molar-refractivity contribution is 5.49. The van der Waals surface area contributed by atoms with E-state index in [2.05, 4.69) is 74.2 Å². The van der Waals surface area contributed by atoms with Crippen molar-refractivity contribution in [2.24, 2.45) is 11.8 Å². The number of hydrogen-bond acceptors (Lipinski definition) is 1. The third-order valence-electron chi connectivity index (χ3n) is 7.64. The zero-order valence-electron chi connectivity index (χ0n) is 22.2. The molecule has 1 aliphatic carbocycles. The predicted molar refractivity (Wildman–Crippen MR) is 153 cm³/mol. The molecular weight excluding hydrogens is 424 g/mol. The molecule has 0 radical (unpaired) electrons. The molecule has 0 bridgehead atoms. The van der Waals surface area contributed by atoms with Crippen LogP contribution in [0, 0.1) is 11.8 Å². The van der Waals surface area contributed by atoms with E-state index in [1.54, 1.807) is 0 Å². The lowest BCUT2D eigenvalue weighted by Crippen LogP contribution is -2.15. The first kappa shape index (κ1) is 27.5. The van der Waals surface area contributed by atoms with Crippen molar-refractivity contribution in [3.8, 4) is 0 Å². The van der Waals surface area contributed by atoms with Gasteiger partial charge in [0.25, 0.3) is 0 Å². The summed E-state index contributed by atoms with van der Waals surface area (Å²) in [6.07, 6.45) is 23.5. The third kappa shape index (κ3) is 11.0. The van der Waals surface area contributed by atoms with Crippen molar-refractivity contribution in [2.45, 2.75) is 97.0 Å². The average molecular weight is 473 g/mol. The van der Waals surface area contributed by atoms with E-state index in [9.17, 15) is 0 Å². The molecule has 0 amide bonds. The van der Waals surface area contributed by atoms with E-state index < -0.39 is 0 Å². The van der Waals surface area contributed by atoms with Crippen molar-refractivity contribution in [1.82, 2.24) is 0 Å². The molecule has 3 rings (SSSR count). The Labute approximate surface area is 215 Å². The summed E-state index contributed by atoms with van der Waals surface area (Å²) in [5.41, 5.74) is 5.58. The first-order valence-electron chi connectivity index (χ1n) is 14.3. The summed E-state index contributed by atoms with van der Waals surface area (Å²) in [5.74, 6) is 1.90. The second kappa shape index (κ2) is 16.5. The molecule has 0 atom stereocenters. The van der Waals surface area contributed by atoms with Crippen molar-refractivity contribution >= 4 is 6.08 Å². The molecule has 0 aromatic heterocycles. The molecule has 0 heterocycles. The molecule has 0 aliphatic heterocycles. The number of hydrogen-bond donors (Lipinski definition) is 0. The van der Waals surface area contributed by atoms with Gasteiger partial charge in [0.2, 0.25) is 0 Å². The largest absolute Gasteiger partial charge is 0.376 e. The van der Waals surface area contributed by atoms with Gasteiger partial charge in [0.05, 0.1) is 13.2 Å². The fourth-order valence-corrected chi connectivity index (χ4v) is 5.28. The van der Waals surface area contributed by atoms with Gasteiger partial charge >= 0.3 is 0 Å². The minimum Gasteiger partial charge on any atom is -0.376 e. The minimum absolute atomic E-state index is 0.709. The van der Waals surface area contributed by atoms with Crippen molar-refractivity contribution in [2.75, 3.05) is 6.61 Å². The Morgan fingerprint density at radius 2 is 1.40 bits per heavy atom. The molecule has 0 saturated heterocycles. The van der Waals surface area contributed by atoms with Gasteiger partial charge in [-0.3, -0.25) is 0 Å². The van der Waals surface area contributed by atoms with Gasteiger partial charge in [-0.25, -0.2) is 0 Å². The number of aryl methyl sites for hydroxylation is 2. The third-order valence-corrected chi connectivity index (χ3v) is 7.64. The normalized spacial score (nSPS) is 18.2. The first-order valence-corrected chi connectivity index (χ1v) is 14.3. The van der Waals surface area contributed by atoms with Crippen LogP contribution in [0.5, 0.6) is 0 Å². The Bertz CT molecular complexity index is 837. The molecule has 1 saturated carbocycles. The zero-order chi connectivity index (χ0) is 24.6. The van der Waals surface area contributed by atoms with Gasteiger partial charge in [-0.2, -0.15) is 0 Å². The number of benzene rings is 2. The van der Waals surface area contributed by atoms with Crippen molar-refractivity contribution < 1.29 is 4.74 Å². The highest BCUT2D eigenvalue weighted by Crippen LogP contribution is 2.34. The maximum absolute atomic E-state index is 5.67. The van der Waals surface area contributed by atoms with Crippen LogP contribution in [0.1, 0.15) is 99.8 Å². The second-order valence-electron chi connectivity index (χ2n) is 10.6. The van der Waals surface area contributed by atoms with Crippen LogP contribution in [0.25, 0.3) is 6.08 Å². The van der Waals surface area contributed by atoms with Gasteiger partial charge < -0.3 is 4.74 Å². The molecule has 2 aromatic carbocycles. The molecule has 1 fully saturated rings. The smallest absolute Gasteiger partial charge is 0.0717 e. The average Bonchev–Trinajstić information content (AvgIpc) is 2.90. The van der Waals surface area contributed by atoms with Gasteiger partial charge in [-0.1, -0.05) is 119 Å². The van der Waals surface area contributed by atoms with Crippen molar-refractivity contribution in [3.63, 3.8) is 0 Å². The fraction of sp³-hybridized carbons (Fsp3) is 0.529. The molecule has 190 valence electrons. The van der Waals surface area contributed by atoms with Crippen LogP contribution in [-0.2, 0) is 24.2 Å². The van der Waals surface area contributed by atoms with Crippen LogP contribution >= 0.6 is 0 Å². The molecule has 0 spiro atoms. The highest BCUT2D eigenvalue weighted by atomic mass is 16.5. The Morgan fingerprint density at radius 1 is 0.771 bits per heavy atom. The summed E-state index contributed by atoms with van der Waals surface area (Å²) < 4.78 is 5.67. The summed E-state index contributed by atoms with van der Waals surface area (Å²) in [6, 6.07) is 18.3. The monoisotopic (exact) mass is 472 g/mol. The lowest BCUT2D eigenvalue weighted by molar-refractivity contribution is 0.125. The Balaban J connectivity index is 1.24. The quantitative estimate of drug-likeness (QED) is 0.174. The second-order valence-corrected chi connectivity index (χ2v) is 10.6. The van der Waals surface area contributed by atoms with Crippen LogP contribution in [-0.4, -0.2) is 6.61 Å². The standard InChI is InChI=1S/C34H48O/c1-3-5-7-10-29-13-15-30(16-14-29)11-8-9-12-31-17-19-32(20-18-31)21-22-33-23-25-34(26-24-33)28-35-27-6-4-2/h4,7,10,13-16,23-26,31-32H,2-3,5-6,8-9,11-12,17-22,27-28H2,1H3/b10-7+. The lowest BCUT2D eigenvalue weighted by atomic mass is 9.77. The van der Waals surface area contributed by atoms with E-state index in [0.29, 0.717) is 6.61 Å². The molecule has 1 heteroatoms. The summed E-state index contributed by atoms with van der Waals surface area (Å²) in [4.78, 5) is 0. The van der Waals surface area contributed by atoms with Crippen LogP contribution in [0.4, 0.5) is 0 Å². The number of ether oxygens (including phenoxy) is 1. The molecular formula is C34H48O. The fourth-order valence-electron chi connectivity index (χ4n) is 5.28. The van der Waals surface area contributed by atoms with Gasteiger partial charge in [0.1, 0.15) is 0 Å². The molecule has 0 unspecified atom stereocenters. The van der Waals surface area contributed by atoms with E-state index in [1.165, 1.54) is 99.3 Å². The molecule has 0 N–H and O–H groups in total. The van der Waals surface area contributed by atoms with E-state index in [1.807, 2.05) is 6.08 Å². The van der Waals surface area contributed by atoms with Crippen LogP contribution in [0.3, 0.4) is 0 Å². The highest BCUT2D eigenvalue weighted by Gasteiger charge is 2.20. The topological polar surface area (TPSA) is 9.23 Å². The van der Waals surface area contributed by atoms with E-state index >= 15 is 0 Å². The van der Waals surface area contributed by atoms with Gasteiger partial charge in [-0.05, 0) is 72.6 Å². The van der Waals surface area contributed by atoms with Crippen LogP contribution in [0.15, 0.2) is 67.3 Å². The summed E-state index contributed by atoms with van der Waals surface area (Å²) in [7, 11) is 0. The number of rotatable bonds is 16. The van der Waals surface area contributed by atoms with Gasteiger partial charge in [0, 0.05) is 0 Å². The SMILES string of the molecule is C=CCCOCc1ccc(CCC2CCC(CCCCc3ccc(/C=C/CCC)cc3)CC2)cc1. The molecule has 35 heavy (non-hydrogen) atoms. The van der Waals surface area contributed by atoms with Crippen molar-refractivity contribution in [1.29, 1.82) is 0 Å². The Hall–Kier alpha value is -2.12. The number of allylic oxidation sites excluding steroid dienone is 1. The van der Waals surface area contributed by atoms with Gasteiger partial charge in [-0.15, -0.1) is 6.58 Å². The van der Waals surface area contributed by atoms with E-state index in [4.69, 9.17) is 4.74 Å². The first-order chi connectivity index (χ1) is 17.3. The predicted octanol–water partition coefficient (Wildman–Crippen LogP) is 9.74. The molecule has 1 aliphatic rings. The van der Waals surface area contributed by atoms with E-state index in [-0.39, 0.29) is 0 Å². The maximum Gasteiger partial charge on any atom is 0.0717 e. The zero-order valence-corrected chi connectivity index (χ0v) is 22.2. The summed E-state index contributed by atoms with van der Waals surface area (Å²) in [5, 5.41) is 0. The lowest BCUT2D eigenvalue weighted by Gasteiger charge is -2.28. The summed E-state index contributed by atoms with van der Waals surface area (Å²) in [6.45, 7) is 7.43. The Kier molecular flexibility index (Phi) is 13.0. The Morgan fingerprint density at radius 3 is 2.09 bits per heavy atom. The van der Waals surface area contributed by atoms with Crippen LogP contribution in [0.2, 0.25) is 0 Å². The molecule has 1 nitrogen and oxygen atoms in total. The number of unbranched alkanes of at least 4 members (excludes halogenated alkanes) is 2. The van der Waals surface area contributed by atoms with E-state index in [0.717, 1.165) is 24.9 Å². The van der Waals surface area contributed by atoms with Crippen molar-refractivity contribution in [3.05, 3.63) is 89.5 Å². The summed E-state index contributed by atoms with van der Waals surface area (Å²) >= 11 is 0. The maximum atomic E-state index is 5.67. The molecule has 2 aromatic rings. The van der Waals surface area contributed by atoms with Gasteiger partial charge in [0.15, 0.2) is 0 Å².